The van der Waals surface area contributed by atoms with Gasteiger partial charge in [-0.15, -0.1) is 11.3 Å². The fraction of sp³-hybridized carbons (Fsp3) is 0.444. The average Bonchev–Trinajstić information content (AvgIpc) is 2.47. The van der Waals surface area contributed by atoms with E-state index in [-0.39, 0.29) is 5.91 Å². The zero-order valence-corrected chi connectivity index (χ0v) is 10.8. The Bertz CT molecular complexity index is 343. The largest absolute Gasteiger partial charge is 0.318 e. The molecule has 1 amide bonds. The minimum Gasteiger partial charge on any atom is -0.318 e. The number of amides is 1. The highest BCUT2D eigenvalue weighted by molar-refractivity contribution is 9.11. The molecular formula is C9H13BrN2OS. The van der Waals surface area contributed by atoms with Gasteiger partial charge in [-0.05, 0) is 41.9 Å². The first-order valence-corrected chi connectivity index (χ1v) is 5.75. The predicted octanol–water partition coefficient (Wildman–Crippen LogP) is 2.21. The SMILES string of the molecule is CN(C(=O)C(C)(C)N)c1ccc(Br)s1. The van der Waals surface area contributed by atoms with Crippen molar-refractivity contribution in [2.24, 2.45) is 5.73 Å². The normalized spacial score (nSPS) is 11.5. The van der Waals surface area contributed by atoms with Crippen molar-refractivity contribution >= 4 is 38.2 Å². The quantitative estimate of drug-likeness (QED) is 0.900. The van der Waals surface area contributed by atoms with Crippen LogP contribution in [0.15, 0.2) is 15.9 Å². The Balaban J connectivity index is 2.86. The maximum atomic E-state index is 11.8. The van der Waals surface area contributed by atoms with Crippen molar-refractivity contribution in [3.8, 4) is 0 Å². The van der Waals surface area contributed by atoms with Gasteiger partial charge in [0.15, 0.2) is 0 Å². The first-order chi connectivity index (χ1) is 6.32. The van der Waals surface area contributed by atoms with E-state index in [1.807, 2.05) is 12.1 Å². The highest BCUT2D eigenvalue weighted by atomic mass is 79.9. The van der Waals surface area contributed by atoms with Crippen molar-refractivity contribution in [1.29, 1.82) is 0 Å². The van der Waals surface area contributed by atoms with Crippen molar-refractivity contribution in [2.45, 2.75) is 19.4 Å². The number of carbonyl (C=O) groups excluding carboxylic acids is 1. The maximum Gasteiger partial charge on any atom is 0.246 e. The van der Waals surface area contributed by atoms with Crippen LogP contribution in [0.2, 0.25) is 0 Å². The Hall–Kier alpha value is -0.390. The average molecular weight is 277 g/mol. The van der Waals surface area contributed by atoms with Gasteiger partial charge >= 0.3 is 0 Å². The van der Waals surface area contributed by atoms with Crippen LogP contribution < -0.4 is 10.6 Å². The Morgan fingerprint density at radius 1 is 1.57 bits per heavy atom. The van der Waals surface area contributed by atoms with E-state index < -0.39 is 5.54 Å². The zero-order valence-electron chi connectivity index (χ0n) is 8.37. The van der Waals surface area contributed by atoms with Gasteiger partial charge in [0.25, 0.3) is 0 Å². The summed E-state index contributed by atoms with van der Waals surface area (Å²) < 4.78 is 1.00. The summed E-state index contributed by atoms with van der Waals surface area (Å²) in [5, 5.41) is 0.889. The lowest BCUT2D eigenvalue weighted by Gasteiger charge is -2.24. The second-order valence-corrected chi connectivity index (χ2v) is 6.11. The number of nitrogens with zero attached hydrogens (tertiary/aromatic N) is 1. The summed E-state index contributed by atoms with van der Waals surface area (Å²) in [6.07, 6.45) is 0. The van der Waals surface area contributed by atoms with Crippen LogP contribution >= 0.6 is 27.3 Å². The van der Waals surface area contributed by atoms with Crippen LogP contribution in [0.3, 0.4) is 0 Å². The summed E-state index contributed by atoms with van der Waals surface area (Å²) in [5.74, 6) is -0.0909. The fourth-order valence-electron chi connectivity index (χ4n) is 1.02. The lowest BCUT2D eigenvalue weighted by atomic mass is 10.1. The number of rotatable bonds is 2. The third-order valence-corrected chi connectivity index (χ3v) is 3.45. The molecule has 1 heterocycles. The minimum absolute atomic E-state index is 0.0909. The van der Waals surface area contributed by atoms with Crippen LogP contribution in [0.5, 0.6) is 0 Å². The van der Waals surface area contributed by atoms with Gasteiger partial charge in [-0.2, -0.15) is 0 Å². The highest BCUT2D eigenvalue weighted by Gasteiger charge is 2.26. The van der Waals surface area contributed by atoms with Crippen molar-refractivity contribution in [1.82, 2.24) is 0 Å². The Morgan fingerprint density at radius 2 is 2.14 bits per heavy atom. The second kappa shape index (κ2) is 4.00. The predicted molar refractivity (Wildman–Crippen MR) is 63.7 cm³/mol. The van der Waals surface area contributed by atoms with Gasteiger partial charge in [-0.1, -0.05) is 0 Å². The van der Waals surface area contributed by atoms with Crippen LogP contribution in [0.1, 0.15) is 13.8 Å². The first-order valence-electron chi connectivity index (χ1n) is 4.15. The standard InChI is InChI=1S/C9H13BrN2OS/c1-9(2,11)8(13)12(3)7-5-4-6(10)14-7/h4-5H,11H2,1-3H3. The van der Waals surface area contributed by atoms with Crippen molar-refractivity contribution < 1.29 is 4.79 Å². The monoisotopic (exact) mass is 276 g/mol. The molecule has 14 heavy (non-hydrogen) atoms. The number of nitrogens with two attached hydrogens (primary N) is 1. The molecule has 0 aromatic carbocycles. The lowest BCUT2D eigenvalue weighted by Crippen LogP contribution is -2.49. The van der Waals surface area contributed by atoms with E-state index in [1.54, 1.807) is 25.8 Å². The molecule has 0 spiro atoms. The number of thiophene rings is 1. The fourth-order valence-corrected chi connectivity index (χ4v) is 2.34. The molecule has 3 nitrogen and oxygen atoms in total. The summed E-state index contributed by atoms with van der Waals surface area (Å²) in [4.78, 5) is 13.3. The molecular weight excluding hydrogens is 264 g/mol. The van der Waals surface area contributed by atoms with Crippen molar-refractivity contribution in [2.75, 3.05) is 11.9 Å². The third-order valence-electron chi connectivity index (χ3n) is 1.75. The van der Waals surface area contributed by atoms with Gasteiger partial charge in [-0.3, -0.25) is 4.79 Å². The minimum atomic E-state index is -0.828. The number of hydrogen-bond donors (Lipinski definition) is 1. The van der Waals surface area contributed by atoms with Crippen molar-refractivity contribution in [3.05, 3.63) is 15.9 Å². The Kier molecular flexibility index (Phi) is 3.34. The van der Waals surface area contributed by atoms with Crippen LogP contribution in [-0.2, 0) is 4.79 Å². The second-order valence-electron chi connectivity index (χ2n) is 3.66. The molecule has 1 rings (SSSR count). The maximum absolute atomic E-state index is 11.8. The van der Waals surface area contributed by atoms with Crippen molar-refractivity contribution in [3.63, 3.8) is 0 Å². The van der Waals surface area contributed by atoms with E-state index in [0.717, 1.165) is 8.79 Å². The number of halogens is 1. The van der Waals surface area contributed by atoms with Gasteiger partial charge in [0.05, 0.1) is 14.3 Å². The molecule has 78 valence electrons. The molecule has 1 aromatic heterocycles. The van der Waals surface area contributed by atoms with E-state index in [9.17, 15) is 4.79 Å². The van der Waals surface area contributed by atoms with Gasteiger partial charge in [0, 0.05) is 7.05 Å². The van der Waals surface area contributed by atoms with Gasteiger partial charge in [0.2, 0.25) is 5.91 Å². The number of likely N-dealkylation sites (N-methyl/N-ethyl adjacent to an activating group) is 1. The molecule has 0 saturated heterocycles. The molecule has 5 heteroatoms. The van der Waals surface area contributed by atoms with Gasteiger partial charge < -0.3 is 10.6 Å². The smallest absolute Gasteiger partial charge is 0.246 e. The van der Waals surface area contributed by atoms with Crippen LogP contribution in [0, 0.1) is 0 Å². The number of hydrogen-bond acceptors (Lipinski definition) is 3. The van der Waals surface area contributed by atoms with Crippen LogP contribution in [0.25, 0.3) is 0 Å². The van der Waals surface area contributed by atoms with E-state index in [2.05, 4.69) is 15.9 Å². The molecule has 0 radical (unpaired) electrons. The Labute approximate surface area is 96.0 Å². The molecule has 0 saturated carbocycles. The van der Waals surface area contributed by atoms with E-state index in [0.29, 0.717) is 0 Å². The van der Waals surface area contributed by atoms with Crippen LogP contribution in [-0.4, -0.2) is 18.5 Å². The molecule has 0 aliphatic heterocycles. The molecule has 0 aliphatic carbocycles. The molecule has 0 atom stereocenters. The first kappa shape index (κ1) is 11.7. The number of carbonyl (C=O) groups is 1. The van der Waals surface area contributed by atoms with Crippen LogP contribution in [0.4, 0.5) is 5.00 Å². The summed E-state index contributed by atoms with van der Waals surface area (Å²) in [5.41, 5.74) is 4.90. The lowest BCUT2D eigenvalue weighted by molar-refractivity contribution is -0.122. The molecule has 0 unspecified atom stereocenters. The molecule has 0 fully saturated rings. The van der Waals surface area contributed by atoms with Gasteiger partial charge in [-0.25, -0.2) is 0 Å². The molecule has 0 bridgehead atoms. The summed E-state index contributed by atoms with van der Waals surface area (Å²) >= 11 is 4.86. The zero-order chi connectivity index (χ0) is 10.9. The van der Waals surface area contributed by atoms with E-state index in [1.165, 1.54) is 11.3 Å². The topological polar surface area (TPSA) is 46.3 Å². The summed E-state index contributed by atoms with van der Waals surface area (Å²) in [6, 6.07) is 3.80. The number of anilines is 1. The van der Waals surface area contributed by atoms with Gasteiger partial charge in [0.1, 0.15) is 0 Å². The van der Waals surface area contributed by atoms with E-state index >= 15 is 0 Å². The molecule has 0 aliphatic rings. The summed E-state index contributed by atoms with van der Waals surface area (Å²) in [7, 11) is 1.73. The van der Waals surface area contributed by atoms with E-state index in [4.69, 9.17) is 5.73 Å². The summed E-state index contributed by atoms with van der Waals surface area (Å²) in [6.45, 7) is 3.41. The molecule has 2 N–H and O–H groups in total. The highest BCUT2D eigenvalue weighted by Crippen LogP contribution is 2.29. The Morgan fingerprint density at radius 3 is 2.50 bits per heavy atom. The third kappa shape index (κ3) is 2.56. The molecule has 1 aromatic rings.